The largest absolute Gasteiger partial charge is 0.369 e. The van der Waals surface area contributed by atoms with Gasteiger partial charge in [0.05, 0.1) is 16.9 Å². The van der Waals surface area contributed by atoms with E-state index in [0.717, 1.165) is 30.6 Å². The standard InChI is InChI=1S/C23H26FN7O/c1-4-31-12-17-19(29-8-7-23(3,25)13-29)6-5-16(20(17)28-31)22(32)27-15-9-18(24)21-26-14(2)10-30(21)11-15/h5-6,9-12H,4,7-8,13,25H2,1-3H3,(H,27,32). The number of pyridine rings is 1. The van der Waals surface area contributed by atoms with E-state index in [0.29, 0.717) is 29.0 Å². The van der Waals surface area contributed by atoms with Crippen LogP contribution in [0, 0.1) is 12.7 Å². The molecule has 1 amide bonds. The number of nitrogens with one attached hydrogen (secondary N) is 1. The number of carbonyl (C=O) groups excluding carboxylic acids is 1. The number of nitrogens with zero attached hydrogens (tertiary/aromatic N) is 5. The molecule has 4 aromatic rings. The number of hydrogen-bond donors (Lipinski definition) is 2. The molecule has 0 aliphatic carbocycles. The van der Waals surface area contributed by atoms with Crippen molar-refractivity contribution in [2.75, 3.05) is 23.3 Å². The molecule has 1 saturated heterocycles. The van der Waals surface area contributed by atoms with Gasteiger partial charge in [-0.25, -0.2) is 9.37 Å². The Morgan fingerprint density at radius 2 is 2.12 bits per heavy atom. The Labute approximate surface area is 184 Å². The second-order valence-corrected chi connectivity index (χ2v) is 8.85. The van der Waals surface area contributed by atoms with Crippen LogP contribution >= 0.6 is 0 Å². The maximum atomic E-state index is 14.4. The molecular formula is C23H26FN7O. The van der Waals surface area contributed by atoms with E-state index >= 15 is 0 Å². The van der Waals surface area contributed by atoms with E-state index in [1.807, 2.05) is 23.9 Å². The molecule has 1 aliphatic heterocycles. The highest BCUT2D eigenvalue weighted by Crippen LogP contribution is 2.33. The maximum Gasteiger partial charge on any atom is 0.257 e. The minimum absolute atomic E-state index is 0.228. The van der Waals surface area contributed by atoms with Crippen molar-refractivity contribution in [2.45, 2.75) is 39.3 Å². The lowest BCUT2D eigenvalue weighted by atomic mass is 10.0. The van der Waals surface area contributed by atoms with Gasteiger partial charge in [0.15, 0.2) is 11.5 Å². The van der Waals surface area contributed by atoms with E-state index in [-0.39, 0.29) is 17.1 Å². The Balaban J connectivity index is 1.52. The van der Waals surface area contributed by atoms with Gasteiger partial charge < -0.3 is 20.4 Å². The van der Waals surface area contributed by atoms with E-state index in [9.17, 15) is 9.18 Å². The third-order valence-electron chi connectivity index (χ3n) is 6.00. The molecule has 32 heavy (non-hydrogen) atoms. The Bertz CT molecular complexity index is 1350. The maximum absolute atomic E-state index is 14.4. The monoisotopic (exact) mass is 435 g/mol. The molecule has 8 nitrogen and oxygen atoms in total. The molecule has 1 fully saturated rings. The van der Waals surface area contributed by atoms with E-state index in [1.54, 1.807) is 29.8 Å². The first-order chi connectivity index (χ1) is 15.2. The van der Waals surface area contributed by atoms with Gasteiger partial charge in [-0.2, -0.15) is 5.10 Å². The molecule has 166 valence electrons. The normalized spacial score (nSPS) is 18.7. The van der Waals surface area contributed by atoms with Crippen molar-refractivity contribution in [3.63, 3.8) is 0 Å². The van der Waals surface area contributed by atoms with Crippen LogP contribution in [0.15, 0.2) is 36.8 Å². The molecule has 1 unspecified atom stereocenters. The molecule has 0 spiro atoms. The SMILES string of the molecule is CCn1cc2c(N3CCC(C)(N)C3)ccc(C(=O)Nc3cc(F)c4nc(C)cn4c3)c2n1. The number of benzene rings is 1. The van der Waals surface area contributed by atoms with E-state index in [4.69, 9.17) is 5.73 Å². The van der Waals surface area contributed by atoms with E-state index in [2.05, 4.69) is 27.2 Å². The molecule has 1 aromatic carbocycles. The smallest absolute Gasteiger partial charge is 0.257 e. The summed E-state index contributed by atoms with van der Waals surface area (Å²) in [6.07, 6.45) is 6.23. The van der Waals surface area contributed by atoms with Gasteiger partial charge in [-0.15, -0.1) is 0 Å². The first kappa shape index (κ1) is 20.4. The summed E-state index contributed by atoms with van der Waals surface area (Å²) in [7, 11) is 0. The van der Waals surface area contributed by atoms with E-state index in [1.165, 1.54) is 6.07 Å². The number of hydrogen-bond acceptors (Lipinski definition) is 5. The lowest BCUT2D eigenvalue weighted by Gasteiger charge is -2.22. The summed E-state index contributed by atoms with van der Waals surface area (Å²) in [6, 6.07) is 5.01. The van der Waals surface area contributed by atoms with Crippen molar-refractivity contribution < 1.29 is 9.18 Å². The van der Waals surface area contributed by atoms with Crippen molar-refractivity contribution in [1.29, 1.82) is 0 Å². The van der Waals surface area contributed by atoms with Crippen molar-refractivity contribution >= 4 is 33.8 Å². The van der Waals surface area contributed by atoms with Gasteiger partial charge >= 0.3 is 0 Å². The van der Waals surface area contributed by atoms with Crippen LogP contribution < -0.4 is 16.0 Å². The van der Waals surface area contributed by atoms with Crippen molar-refractivity contribution in [3.8, 4) is 0 Å². The van der Waals surface area contributed by atoms with Gasteiger partial charge in [-0.3, -0.25) is 9.48 Å². The number of carbonyl (C=O) groups is 1. The zero-order valence-corrected chi connectivity index (χ0v) is 18.4. The quantitative estimate of drug-likeness (QED) is 0.513. The molecule has 9 heteroatoms. The van der Waals surface area contributed by atoms with Crippen LogP contribution in [0.4, 0.5) is 15.8 Å². The van der Waals surface area contributed by atoms with Crippen LogP contribution in [-0.2, 0) is 6.54 Å². The van der Waals surface area contributed by atoms with Gasteiger partial charge in [-0.05, 0) is 39.3 Å². The zero-order chi connectivity index (χ0) is 22.6. The first-order valence-corrected chi connectivity index (χ1v) is 10.7. The topological polar surface area (TPSA) is 93.5 Å². The lowest BCUT2D eigenvalue weighted by molar-refractivity contribution is 0.102. The van der Waals surface area contributed by atoms with Crippen molar-refractivity contribution in [1.82, 2.24) is 19.2 Å². The van der Waals surface area contributed by atoms with Crippen LogP contribution in [-0.4, -0.2) is 43.7 Å². The predicted molar refractivity (Wildman–Crippen MR) is 123 cm³/mol. The number of fused-ring (bicyclic) bond motifs is 2. The average Bonchev–Trinajstić information content (AvgIpc) is 3.42. The summed E-state index contributed by atoms with van der Waals surface area (Å²) < 4.78 is 17.8. The summed E-state index contributed by atoms with van der Waals surface area (Å²) in [5, 5.41) is 8.36. The fraction of sp³-hybridized carbons (Fsp3) is 0.348. The van der Waals surface area contributed by atoms with Gasteiger partial charge in [0.1, 0.15) is 5.52 Å². The lowest BCUT2D eigenvalue weighted by Crippen LogP contribution is -2.39. The molecule has 0 radical (unpaired) electrons. The van der Waals surface area contributed by atoms with E-state index < -0.39 is 5.82 Å². The molecule has 0 saturated carbocycles. The Morgan fingerprint density at radius 1 is 1.31 bits per heavy atom. The molecule has 1 atom stereocenters. The second kappa shape index (κ2) is 7.30. The van der Waals surface area contributed by atoms with Crippen LogP contribution in [0.25, 0.3) is 16.6 Å². The minimum Gasteiger partial charge on any atom is -0.369 e. The zero-order valence-electron chi connectivity index (χ0n) is 18.4. The number of rotatable bonds is 4. The first-order valence-electron chi connectivity index (χ1n) is 10.7. The number of aromatic nitrogens is 4. The Kier molecular flexibility index (Phi) is 4.67. The van der Waals surface area contributed by atoms with Gasteiger partial charge in [0.2, 0.25) is 0 Å². The second-order valence-electron chi connectivity index (χ2n) is 8.85. The van der Waals surface area contributed by atoms with Gasteiger partial charge in [-0.1, -0.05) is 0 Å². The molecule has 3 N–H and O–H groups in total. The summed E-state index contributed by atoms with van der Waals surface area (Å²) in [4.78, 5) is 19.6. The van der Waals surface area contributed by atoms with Crippen molar-refractivity contribution in [3.05, 3.63) is 53.9 Å². The average molecular weight is 436 g/mol. The molecule has 4 heterocycles. The van der Waals surface area contributed by atoms with Crippen LogP contribution in [0.2, 0.25) is 0 Å². The summed E-state index contributed by atoms with van der Waals surface area (Å²) in [6.45, 7) is 8.14. The van der Waals surface area contributed by atoms with Crippen molar-refractivity contribution in [2.24, 2.45) is 5.73 Å². The molecular weight excluding hydrogens is 409 g/mol. The Morgan fingerprint density at radius 3 is 2.84 bits per heavy atom. The fourth-order valence-electron chi connectivity index (χ4n) is 4.40. The number of amides is 1. The summed E-state index contributed by atoms with van der Waals surface area (Å²) in [5.74, 6) is -0.839. The predicted octanol–water partition coefficient (Wildman–Crippen LogP) is 3.33. The Hall–Kier alpha value is -3.46. The highest BCUT2D eigenvalue weighted by molar-refractivity contribution is 6.13. The number of nitrogens with two attached hydrogens (primary N) is 1. The van der Waals surface area contributed by atoms with Crippen LogP contribution in [0.3, 0.4) is 0 Å². The molecule has 1 aliphatic rings. The summed E-state index contributed by atoms with van der Waals surface area (Å²) in [5.41, 5.74) is 9.45. The minimum atomic E-state index is -0.495. The summed E-state index contributed by atoms with van der Waals surface area (Å²) >= 11 is 0. The number of halogens is 1. The van der Waals surface area contributed by atoms with Crippen LogP contribution in [0.5, 0.6) is 0 Å². The fourth-order valence-corrected chi connectivity index (χ4v) is 4.40. The highest BCUT2D eigenvalue weighted by Gasteiger charge is 2.31. The third kappa shape index (κ3) is 3.48. The number of aryl methyl sites for hydroxylation is 2. The number of imidazole rings is 1. The number of anilines is 2. The molecule has 3 aromatic heterocycles. The van der Waals surface area contributed by atoms with Gasteiger partial charge in [0, 0.05) is 60.9 Å². The molecule has 5 rings (SSSR count). The van der Waals surface area contributed by atoms with Crippen LogP contribution in [0.1, 0.15) is 36.3 Å². The van der Waals surface area contributed by atoms with Gasteiger partial charge in [0.25, 0.3) is 5.91 Å². The highest BCUT2D eigenvalue weighted by atomic mass is 19.1. The third-order valence-corrected chi connectivity index (χ3v) is 6.00. The molecule has 0 bridgehead atoms.